The number of amides is 2. The van der Waals surface area contributed by atoms with Gasteiger partial charge in [0.2, 0.25) is 5.91 Å². The fourth-order valence-corrected chi connectivity index (χ4v) is 15.7. The Labute approximate surface area is 388 Å². The summed E-state index contributed by atoms with van der Waals surface area (Å²) >= 11 is 0. The van der Waals surface area contributed by atoms with Crippen molar-refractivity contribution in [1.29, 1.82) is 0 Å². The number of likely N-dealkylation sites (N-methyl/N-ethyl adjacent to an activating group) is 1. The van der Waals surface area contributed by atoms with E-state index in [2.05, 4.69) is 64.2 Å². The zero-order chi connectivity index (χ0) is 48.5. The van der Waals surface area contributed by atoms with Crippen LogP contribution in [0.4, 0.5) is 13.2 Å². The molecule has 0 spiro atoms. The normalized spacial score (nSPS) is 37.4. The molecule has 15 heteroatoms. The van der Waals surface area contributed by atoms with Gasteiger partial charge in [-0.15, -0.1) is 0 Å². The minimum absolute atomic E-state index is 0.0290. The SMILES string of the molecule is CC(C)C1=C2[C@H]3CC[C@@H]4[C@@]5(C)CC[C@H](OC(=O)[C@H]6C[C@@H](C(=O)O)C6(C)C)C(C)(C)[C@@H]5CC[C@@]4(C)[C@]3(C)CC[C@@]2(NC(=O)C2(NC(=O)c3cc(C(F)(F)F)nn3CCN(C)C)CCC2)CC1=O. The first-order chi connectivity index (χ1) is 30.5. The summed E-state index contributed by atoms with van der Waals surface area (Å²) in [5.74, 6) is -2.68. The summed E-state index contributed by atoms with van der Waals surface area (Å²) in [6.45, 7) is 20.1. The summed E-state index contributed by atoms with van der Waals surface area (Å²) in [7, 11) is 3.56. The summed E-state index contributed by atoms with van der Waals surface area (Å²) in [4.78, 5) is 70.5. The molecule has 2 amide bonds. The molecular weight excluding hydrogens is 852 g/mol. The second-order valence-corrected chi connectivity index (χ2v) is 24.3. The molecule has 0 unspecified atom stereocenters. The smallest absolute Gasteiger partial charge is 0.435 e. The zero-order valence-corrected chi connectivity index (χ0v) is 41.1. The van der Waals surface area contributed by atoms with Crippen LogP contribution in [0.2, 0.25) is 0 Å². The van der Waals surface area contributed by atoms with Gasteiger partial charge in [-0.1, -0.05) is 62.3 Å². The van der Waals surface area contributed by atoms with Crippen LogP contribution >= 0.6 is 0 Å². The van der Waals surface area contributed by atoms with Gasteiger partial charge in [0.05, 0.1) is 23.9 Å². The summed E-state index contributed by atoms with van der Waals surface area (Å²) in [6, 6.07) is 0.753. The molecular formula is C51H74F3N5O7. The van der Waals surface area contributed by atoms with Crippen LogP contribution in [-0.4, -0.2) is 87.1 Å². The fraction of sp³-hybridized carbons (Fsp3) is 0.804. The van der Waals surface area contributed by atoms with Crippen molar-refractivity contribution in [2.75, 3.05) is 20.6 Å². The predicted molar refractivity (Wildman–Crippen MR) is 241 cm³/mol. The number of halogens is 3. The van der Waals surface area contributed by atoms with Crippen LogP contribution in [0.3, 0.4) is 0 Å². The standard InChI is InChI=1S/C51H74F3N5O7/c1-28(2)38-33(60)27-50(56-43(65)49(17-12-18-49)55-40(61)32-26-36(51(52,53)54)57-59(32)24-23-58(10)11)22-21-47(8)29(39(38)50)13-14-35-46(7)19-16-37(45(5,6)34(46)15-20-48(35,47)9)66-42(64)31-25-30(41(62)63)44(31,3)4/h26,28-31,34-35,37H,12-25,27H2,1-11H3,(H,55,61)(H,56,65)(H,62,63)/t29-,30+,31-,34+,35-,37+,46+,47-,48-,50-/m1/s1. The number of aromatic nitrogens is 2. The number of rotatable bonds is 11. The largest absolute Gasteiger partial charge is 0.481 e. The number of ketones is 1. The van der Waals surface area contributed by atoms with Crippen molar-refractivity contribution in [1.82, 2.24) is 25.3 Å². The molecule has 7 aliphatic carbocycles. The molecule has 0 aromatic carbocycles. The average Bonchev–Trinajstić information content (AvgIpc) is 3.75. The topological polar surface area (TPSA) is 160 Å². The lowest BCUT2D eigenvalue weighted by molar-refractivity contribution is -0.235. The van der Waals surface area contributed by atoms with Gasteiger partial charge in [-0.25, -0.2) is 0 Å². The first kappa shape index (κ1) is 48.7. The quantitative estimate of drug-likeness (QED) is 0.185. The van der Waals surface area contributed by atoms with Gasteiger partial charge in [-0.2, -0.15) is 18.3 Å². The summed E-state index contributed by atoms with van der Waals surface area (Å²) in [5, 5.41) is 19.8. The number of carboxylic acid groups (broad SMARTS) is 1. The molecule has 1 aromatic rings. The Morgan fingerprint density at radius 3 is 2.14 bits per heavy atom. The Bertz CT molecular complexity index is 2230. The Morgan fingerprint density at radius 1 is 0.879 bits per heavy atom. The van der Waals surface area contributed by atoms with Gasteiger partial charge in [0.1, 0.15) is 17.3 Å². The summed E-state index contributed by atoms with van der Waals surface area (Å²) in [5.41, 5.74) is -3.17. The van der Waals surface area contributed by atoms with Crippen molar-refractivity contribution >= 4 is 29.5 Å². The molecule has 0 saturated heterocycles. The number of nitrogens with one attached hydrogen (secondary N) is 2. The zero-order valence-electron chi connectivity index (χ0n) is 41.1. The maximum Gasteiger partial charge on any atom is 0.435 e. The first-order valence-electron chi connectivity index (χ1n) is 24.6. The van der Waals surface area contributed by atoms with E-state index in [0.717, 1.165) is 66.8 Å². The molecule has 366 valence electrons. The second-order valence-electron chi connectivity index (χ2n) is 24.3. The summed E-state index contributed by atoms with van der Waals surface area (Å²) < 4.78 is 49.1. The number of hydrogen-bond acceptors (Lipinski definition) is 8. The maximum atomic E-state index is 14.9. The molecule has 0 aliphatic heterocycles. The highest BCUT2D eigenvalue weighted by molar-refractivity contribution is 6.04. The van der Waals surface area contributed by atoms with Crippen molar-refractivity contribution in [3.8, 4) is 0 Å². The van der Waals surface area contributed by atoms with E-state index in [1.165, 1.54) is 0 Å². The van der Waals surface area contributed by atoms with Gasteiger partial charge in [0.15, 0.2) is 11.5 Å². The summed E-state index contributed by atoms with van der Waals surface area (Å²) in [6.07, 6.45) is 3.45. The lowest BCUT2D eigenvalue weighted by Crippen LogP contribution is -2.70. The van der Waals surface area contributed by atoms with Gasteiger partial charge in [-0.3, -0.25) is 28.7 Å². The molecule has 0 radical (unpaired) electrons. The number of nitrogens with zero attached hydrogens (tertiary/aromatic N) is 3. The van der Waals surface area contributed by atoms with Gasteiger partial charge < -0.3 is 25.4 Å². The molecule has 1 aromatic heterocycles. The minimum Gasteiger partial charge on any atom is -0.481 e. The molecule has 8 rings (SSSR count). The third-order valence-electron chi connectivity index (χ3n) is 19.9. The minimum atomic E-state index is -4.76. The number of esters is 1. The average molecular weight is 926 g/mol. The number of aliphatic carboxylic acids is 1. The first-order valence-corrected chi connectivity index (χ1v) is 24.6. The highest BCUT2D eigenvalue weighted by Gasteiger charge is 2.71. The maximum absolute atomic E-state index is 14.9. The van der Waals surface area contributed by atoms with E-state index in [1.54, 1.807) is 19.0 Å². The number of carboxylic acids is 1. The number of ether oxygens (including phenoxy) is 1. The van der Waals surface area contributed by atoms with Crippen LogP contribution in [0.25, 0.3) is 0 Å². The van der Waals surface area contributed by atoms with Gasteiger partial charge in [-0.05, 0) is 148 Å². The number of alkyl halides is 3. The van der Waals surface area contributed by atoms with E-state index < -0.39 is 58.0 Å². The Balaban J connectivity index is 1.04. The lowest BCUT2D eigenvalue weighted by Gasteiger charge is -2.72. The fourth-order valence-electron chi connectivity index (χ4n) is 15.7. The second kappa shape index (κ2) is 15.9. The lowest BCUT2D eigenvalue weighted by atomic mass is 9.33. The van der Waals surface area contributed by atoms with Crippen molar-refractivity contribution in [2.45, 2.75) is 176 Å². The van der Waals surface area contributed by atoms with Crippen LogP contribution in [0.1, 0.15) is 162 Å². The Hall–Kier alpha value is -3.75. The van der Waals surface area contributed by atoms with Gasteiger partial charge in [0.25, 0.3) is 5.91 Å². The van der Waals surface area contributed by atoms with E-state index >= 15 is 0 Å². The molecule has 6 fully saturated rings. The van der Waals surface area contributed by atoms with E-state index in [4.69, 9.17) is 4.74 Å². The highest BCUT2D eigenvalue weighted by atomic mass is 19.4. The number of carbonyl (C=O) groups is 5. The van der Waals surface area contributed by atoms with Crippen molar-refractivity contribution < 1.29 is 47.0 Å². The Kier molecular flexibility index (Phi) is 11.7. The van der Waals surface area contributed by atoms with Crippen LogP contribution in [0.15, 0.2) is 17.2 Å². The van der Waals surface area contributed by atoms with Gasteiger partial charge in [0, 0.05) is 24.4 Å². The van der Waals surface area contributed by atoms with E-state index in [9.17, 15) is 42.3 Å². The molecule has 7 aliphatic rings. The number of allylic oxidation sites excluding steroid dienone is 1. The van der Waals surface area contributed by atoms with E-state index in [0.29, 0.717) is 44.6 Å². The molecule has 12 nitrogen and oxygen atoms in total. The molecule has 10 atom stereocenters. The van der Waals surface area contributed by atoms with Crippen LogP contribution < -0.4 is 10.6 Å². The van der Waals surface area contributed by atoms with Crippen molar-refractivity contribution in [3.63, 3.8) is 0 Å². The van der Waals surface area contributed by atoms with Crippen LogP contribution in [-0.2, 0) is 36.6 Å². The van der Waals surface area contributed by atoms with Crippen molar-refractivity contribution in [2.24, 2.45) is 62.6 Å². The molecule has 3 N–H and O–H groups in total. The Morgan fingerprint density at radius 2 is 1.56 bits per heavy atom. The monoisotopic (exact) mass is 926 g/mol. The van der Waals surface area contributed by atoms with E-state index in [1.807, 2.05) is 13.8 Å². The number of Topliss-reactive ketones (excluding diaryl/α,β-unsaturated/α-hetero) is 1. The van der Waals surface area contributed by atoms with Gasteiger partial charge >= 0.3 is 18.1 Å². The number of fused-ring (bicyclic) bond motifs is 7. The van der Waals surface area contributed by atoms with Crippen molar-refractivity contribution in [3.05, 3.63) is 28.6 Å². The highest BCUT2D eigenvalue weighted by Crippen LogP contribution is 2.76. The van der Waals surface area contributed by atoms with E-state index in [-0.39, 0.29) is 75.9 Å². The third kappa shape index (κ3) is 7.21. The van der Waals surface area contributed by atoms with Crippen LogP contribution in [0.5, 0.6) is 0 Å². The molecule has 6 saturated carbocycles. The molecule has 1 heterocycles. The number of carbonyl (C=O) groups excluding carboxylic acids is 4. The molecule has 66 heavy (non-hydrogen) atoms. The predicted octanol–water partition coefficient (Wildman–Crippen LogP) is 8.62. The molecule has 0 bridgehead atoms. The van der Waals surface area contributed by atoms with Crippen LogP contribution in [0, 0.1) is 62.6 Å². The number of hydrogen-bond donors (Lipinski definition) is 3. The third-order valence-corrected chi connectivity index (χ3v) is 19.9.